The molecule has 0 unspecified atom stereocenters. The van der Waals surface area contributed by atoms with Crippen LogP contribution in [0.25, 0.3) is 0 Å². The summed E-state index contributed by atoms with van der Waals surface area (Å²) in [4.78, 5) is 10.6. The molecule has 0 aliphatic carbocycles. The lowest BCUT2D eigenvalue weighted by atomic mass is 10.2. The van der Waals surface area contributed by atoms with Gasteiger partial charge in [0.2, 0.25) is 5.82 Å². The minimum absolute atomic E-state index is 0.109. The van der Waals surface area contributed by atoms with Gasteiger partial charge in [0.25, 0.3) is 0 Å². The standard InChI is InChI=1S/C14H17N5O4/c1-9-12(19(20)21)14(18(2)17-9)16-15-8-10-6-5-7-11(22-3)13(10)23-4/h5-8,16H,1-4H3/b15-8+. The van der Waals surface area contributed by atoms with Crippen molar-refractivity contribution in [2.45, 2.75) is 6.92 Å². The van der Waals surface area contributed by atoms with Gasteiger partial charge in [0.1, 0.15) is 5.69 Å². The van der Waals surface area contributed by atoms with Crippen molar-refractivity contribution < 1.29 is 14.4 Å². The number of rotatable bonds is 6. The first-order chi connectivity index (χ1) is 11.0. The second-order valence-corrected chi connectivity index (χ2v) is 4.62. The van der Waals surface area contributed by atoms with E-state index in [0.29, 0.717) is 22.8 Å². The highest BCUT2D eigenvalue weighted by atomic mass is 16.6. The third-order valence-corrected chi connectivity index (χ3v) is 3.18. The summed E-state index contributed by atoms with van der Waals surface area (Å²) in [5.74, 6) is 1.29. The van der Waals surface area contributed by atoms with Crippen molar-refractivity contribution in [2.75, 3.05) is 19.6 Å². The molecule has 0 fully saturated rings. The van der Waals surface area contributed by atoms with Gasteiger partial charge in [-0.3, -0.25) is 15.5 Å². The van der Waals surface area contributed by atoms with Crippen LogP contribution < -0.4 is 14.9 Å². The number of nitrogens with one attached hydrogen (secondary N) is 1. The number of nitrogens with zero attached hydrogens (tertiary/aromatic N) is 4. The molecule has 9 heteroatoms. The molecule has 0 saturated heterocycles. The summed E-state index contributed by atoms with van der Waals surface area (Å²) in [5.41, 5.74) is 3.53. The van der Waals surface area contributed by atoms with E-state index in [0.717, 1.165) is 0 Å². The summed E-state index contributed by atoms with van der Waals surface area (Å²) in [7, 11) is 4.67. The van der Waals surface area contributed by atoms with Crippen molar-refractivity contribution in [2.24, 2.45) is 12.1 Å². The molecule has 122 valence electrons. The van der Waals surface area contributed by atoms with Gasteiger partial charge >= 0.3 is 5.69 Å². The Labute approximate surface area is 132 Å². The number of hydrogen-bond donors (Lipinski definition) is 1. The molecule has 0 aliphatic heterocycles. The Morgan fingerprint density at radius 3 is 2.74 bits per heavy atom. The molecular weight excluding hydrogens is 302 g/mol. The Bertz CT molecular complexity index is 754. The number of nitro groups is 1. The molecule has 0 radical (unpaired) electrons. The quantitative estimate of drug-likeness (QED) is 0.497. The molecule has 1 aromatic carbocycles. The van der Waals surface area contributed by atoms with Crippen LogP contribution in [0.15, 0.2) is 23.3 Å². The molecule has 1 aromatic heterocycles. The smallest absolute Gasteiger partial charge is 0.335 e. The maximum Gasteiger partial charge on any atom is 0.335 e. The van der Waals surface area contributed by atoms with Gasteiger partial charge < -0.3 is 9.47 Å². The highest BCUT2D eigenvalue weighted by molar-refractivity contribution is 5.85. The number of anilines is 1. The summed E-state index contributed by atoms with van der Waals surface area (Å²) < 4.78 is 11.9. The van der Waals surface area contributed by atoms with E-state index in [9.17, 15) is 10.1 Å². The minimum atomic E-state index is -0.494. The minimum Gasteiger partial charge on any atom is -0.493 e. The number of ether oxygens (including phenoxy) is 2. The maximum atomic E-state index is 11.1. The van der Waals surface area contributed by atoms with Gasteiger partial charge in [-0.25, -0.2) is 4.68 Å². The second kappa shape index (κ2) is 6.77. The number of methoxy groups -OCH3 is 2. The summed E-state index contributed by atoms with van der Waals surface area (Å²) in [6.45, 7) is 1.57. The van der Waals surface area contributed by atoms with Crippen molar-refractivity contribution in [1.82, 2.24) is 9.78 Å². The number of hydrogen-bond acceptors (Lipinski definition) is 7. The summed E-state index contributed by atoms with van der Waals surface area (Å²) in [6.07, 6.45) is 1.49. The lowest BCUT2D eigenvalue weighted by Crippen LogP contribution is -2.02. The van der Waals surface area contributed by atoms with Crippen molar-refractivity contribution in [3.8, 4) is 11.5 Å². The Kier molecular flexibility index (Phi) is 4.79. The Hall–Kier alpha value is -3.10. The van der Waals surface area contributed by atoms with Crippen LogP contribution >= 0.6 is 0 Å². The Morgan fingerprint density at radius 2 is 2.13 bits per heavy atom. The molecule has 1 heterocycles. The van der Waals surface area contributed by atoms with Gasteiger partial charge in [0.15, 0.2) is 11.5 Å². The first-order valence-electron chi connectivity index (χ1n) is 6.67. The van der Waals surface area contributed by atoms with Gasteiger partial charge in [0, 0.05) is 12.6 Å². The zero-order chi connectivity index (χ0) is 17.0. The molecule has 9 nitrogen and oxygen atoms in total. The molecule has 0 saturated carbocycles. The van der Waals surface area contributed by atoms with Crippen LogP contribution in [-0.4, -0.2) is 35.1 Å². The average molecular weight is 319 g/mol. The van der Waals surface area contributed by atoms with E-state index >= 15 is 0 Å². The van der Waals surface area contributed by atoms with E-state index < -0.39 is 4.92 Å². The zero-order valence-electron chi connectivity index (χ0n) is 13.2. The highest BCUT2D eigenvalue weighted by Crippen LogP contribution is 2.30. The molecule has 2 rings (SSSR count). The molecular formula is C14H17N5O4. The fraction of sp³-hybridized carbons (Fsp3) is 0.286. The summed E-state index contributed by atoms with van der Waals surface area (Å²) in [5, 5.41) is 19.1. The van der Waals surface area contributed by atoms with Crippen LogP contribution in [0.5, 0.6) is 11.5 Å². The number of para-hydroxylation sites is 1. The lowest BCUT2D eigenvalue weighted by Gasteiger charge is -2.09. The van der Waals surface area contributed by atoms with Crippen LogP contribution in [0.2, 0.25) is 0 Å². The summed E-state index contributed by atoms with van der Waals surface area (Å²) >= 11 is 0. The molecule has 2 aromatic rings. The predicted octanol–water partition coefficient (Wildman–Crippen LogP) is 2.10. The van der Waals surface area contributed by atoms with Gasteiger partial charge in [-0.1, -0.05) is 6.07 Å². The Balaban J connectivity index is 2.29. The topological polar surface area (TPSA) is 104 Å². The third kappa shape index (κ3) is 3.23. The maximum absolute atomic E-state index is 11.1. The predicted molar refractivity (Wildman–Crippen MR) is 85.4 cm³/mol. The second-order valence-electron chi connectivity index (χ2n) is 4.62. The molecule has 0 aliphatic rings. The molecule has 0 bridgehead atoms. The molecule has 23 heavy (non-hydrogen) atoms. The van der Waals surface area contributed by atoms with Crippen LogP contribution in [0.4, 0.5) is 11.5 Å². The van der Waals surface area contributed by atoms with E-state index in [1.807, 2.05) is 0 Å². The van der Waals surface area contributed by atoms with Crippen molar-refractivity contribution in [1.29, 1.82) is 0 Å². The van der Waals surface area contributed by atoms with Gasteiger partial charge in [-0.05, 0) is 19.1 Å². The van der Waals surface area contributed by atoms with E-state index in [1.165, 1.54) is 18.0 Å². The van der Waals surface area contributed by atoms with Gasteiger partial charge in [-0.2, -0.15) is 10.2 Å². The van der Waals surface area contributed by atoms with Crippen molar-refractivity contribution in [3.05, 3.63) is 39.6 Å². The number of benzene rings is 1. The zero-order valence-corrected chi connectivity index (χ0v) is 13.2. The fourth-order valence-corrected chi connectivity index (χ4v) is 2.17. The van der Waals surface area contributed by atoms with Crippen LogP contribution in [0.3, 0.4) is 0 Å². The molecule has 0 spiro atoms. The van der Waals surface area contributed by atoms with Crippen molar-refractivity contribution in [3.63, 3.8) is 0 Å². The third-order valence-electron chi connectivity index (χ3n) is 3.18. The average Bonchev–Trinajstić information content (AvgIpc) is 2.80. The Morgan fingerprint density at radius 1 is 1.39 bits per heavy atom. The number of hydrazone groups is 1. The van der Waals surface area contributed by atoms with Crippen LogP contribution in [0.1, 0.15) is 11.3 Å². The van der Waals surface area contributed by atoms with Crippen molar-refractivity contribution >= 4 is 17.7 Å². The number of aryl methyl sites for hydroxylation is 2. The monoisotopic (exact) mass is 319 g/mol. The lowest BCUT2D eigenvalue weighted by molar-refractivity contribution is -0.384. The first kappa shape index (κ1) is 16.3. The van der Waals surface area contributed by atoms with E-state index in [-0.39, 0.29) is 11.5 Å². The van der Waals surface area contributed by atoms with Crippen LogP contribution in [-0.2, 0) is 7.05 Å². The van der Waals surface area contributed by atoms with E-state index in [4.69, 9.17) is 9.47 Å². The molecule has 0 atom stereocenters. The van der Waals surface area contributed by atoms with Gasteiger partial charge in [0.05, 0.1) is 25.4 Å². The fourth-order valence-electron chi connectivity index (χ4n) is 2.17. The van der Waals surface area contributed by atoms with E-state index in [1.54, 1.807) is 39.3 Å². The first-order valence-corrected chi connectivity index (χ1v) is 6.67. The highest BCUT2D eigenvalue weighted by Gasteiger charge is 2.23. The van der Waals surface area contributed by atoms with E-state index in [2.05, 4.69) is 15.6 Å². The van der Waals surface area contributed by atoms with Crippen LogP contribution in [0, 0.1) is 17.0 Å². The largest absolute Gasteiger partial charge is 0.493 e. The SMILES string of the molecule is COc1cccc(/C=N/Nc2c([N+](=O)[O-])c(C)nn2C)c1OC. The summed E-state index contributed by atoms with van der Waals surface area (Å²) in [6, 6.07) is 5.34. The molecule has 0 amide bonds. The number of aromatic nitrogens is 2. The molecule has 1 N–H and O–H groups in total. The normalized spacial score (nSPS) is 10.8. The van der Waals surface area contributed by atoms with Gasteiger partial charge in [-0.15, -0.1) is 0 Å².